The standard InChI is InChI=1S/C29H38F2/c1-21(25-5-3-2-4-6-25)19-23-11-16-27(17-12-23)26-14-9-22(10-15-26)7-8-24-13-18-28(30)29(31)20-24/h2-6,13,18,20-23,26-27H,7-12,14-17,19H2,1H3/t21-,22?,23?,26?,27?/m0/s1. The maximum atomic E-state index is 13.4. The van der Waals surface area contributed by atoms with Crippen molar-refractivity contribution in [1.82, 2.24) is 0 Å². The molecule has 0 N–H and O–H groups in total. The third kappa shape index (κ3) is 6.18. The largest absolute Gasteiger partial charge is 0.204 e. The number of benzene rings is 2. The van der Waals surface area contributed by atoms with Crippen molar-refractivity contribution in [2.24, 2.45) is 23.7 Å². The molecular formula is C29H38F2. The van der Waals surface area contributed by atoms with Gasteiger partial charge in [-0.1, -0.05) is 69.0 Å². The van der Waals surface area contributed by atoms with E-state index in [4.69, 9.17) is 0 Å². The van der Waals surface area contributed by atoms with Crippen LogP contribution in [0.1, 0.15) is 88.2 Å². The SMILES string of the molecule is C[C@@H](CC1CCC(C2CCC(CCc3ccc(F)c(F)c3)CC2)CC1)c1ccccc1. The van der Waals surface area contributed by atoms with Crippen molar-refractivity contribution in [2.75, 3.05) is 0 Å². The van der Waals surface area contributed by atoms with Crippen LogP contribution in [0.3, 0.4) is 0 Å². The Labute approximate surface area is 187 Å². The Morgan fingerprint density at radius 3 is 1.97 bits per heavy atom. The molecule has 0 heterocycles. The van der Waals surface area contributed by atoms with Gasteiger partial charge in [0.15, 0.2) is 11.6 Å². The Balaban J connectivity index is 1.16. The molecule has 2 fully saturated rings. The van der Waals surface area contributed by atoms with Crippen LogP contribution in [0.25, 0.3) is 0 Å². The predicted molar refractivity (Wildman–Crippen MR) is 125 cm³/mol. The van der Waals surface area contributed by atoms with Gasteiger partial charge in [0.05, 0.1) is 0 Å². The highest BCUT2D eigenvalue weighted by Gasteiger charge is 2.31. The minimum Gasteiger partial charge on any atom is -0.204 e. The van der Waals surface area contributed by atoms with E-state index >= 15 is 0 Å². The molecule has 0 spiro atoms. The molecule has 0 aromatic heterocycles. The maximum absolute atomic E-state index is 13.4. The number of hydrogen-bond acceptors (Lipinski definition) is 0. The van der Waals surface area contributed by atoms with Gasteiger partial charge in [0.1, 0.15) is 0 Å². The van der Waals surface area contributed by atoms with Gasteiger partial charge < -0.3 is 0 Å². The van der Waals surface area contributed by atoms with Gasteiger partial charge in [0, 0.05) is 0 Å². The molecule has 2 aromatic carbocycles. The van der Waals surface area contributed by atoms with E-state index < -0.39 is 11.6 Å². The van der Waals surface area contributed by atoms with Crippen molar-refractivity contribution in [3.05, 3.63) is 71.3 Å². The van der Waals surface area contributed by atoms with Gasteiger partial charge in [0.2, 0.25) is 0 Å². The van der Waals surface area contributed by atoms with E-state index in [0.717, 1.165) is 42.1 Å². The summed E-state index contributed by atoms with van der Waals surface area (Å²) in [6.07, 6.45) is 14.4. The number of halogens is 2. The van der Waals surface area contributed by atoms with Crippen LogP contribution in [0.2, 0.25) is 0 Å². The van der Waals surface area contributed by atoms with Crippen LogP contribution in [0.4, 0.5) is 8.78 Å². The van der Waals surface area contributed by atoms with Crippen LogP contribution in [0.15, 0.2) is 48.5 Å². The molecule has 0 aliphatic heterocycles. The average Bonchev–Trinajstić information content (AvgIpc) is 2.81. The van der Waals surface area contributed by atoms with Gasteiger partial charge in [-0.15, -0.1) is 0 Å². The van der Waals surface area contributed by atoms with Crippen molar-refractivity contribution in [2.45, 2.75) is 83.5 Å². The summed E-state index contributed by atoms with van der Waals surface area (Å²) in [6, 6.07) is 15.4. The summed E-state index contributed by atoms with van der Waals surface area (Å²) in [6.45, 7) is 2.39. The summed E-state index contributed by atoms with van der Waals surface area (Å²) >= 11 is 0. The Hall–Kier alpha value is -1.70. The van der Waals surface area contributed by atoms with E-state index in [9.17, 15) is 8.78 Å². The first kappa shape index (κ1) is 22.5. The van der Waals surface area contributed by atoms with Crippen LogP contribution < -0.4 is 0 Å². The van der Waals surface area contributed by atoms with E-state index in [-0.39, 0.29) is 0 Å². The van der Waals surface area contributed by atoms with Crippen LogP contribution in [-0.4, -0.2) is 0 Å². The molecule has 2 aliphatic rings. The molecule has 0 nitrogen and oxygen atoms in total. The summed E-state index contributed by atoms with van der Waals surface area (Å²) in [7, 11) is 0. The van der Waals surface area contributed by atoms with Crippen LogP contribution in [0.5, 0.6) is 0 Å². The first-order valence-electron chi connectivity index (χ1n) is 12.6. The molecule has 0 amide bonds. The fraction of sp³-hybridized carbons (Fsp3) is 0.586. The van der Waals surface area contributed by atoms with Crippen LogP contribution in [0, 0.1) is 35.3 Å². The normalized spacial score (nSPS) is 27.7. The Kier molecular flexibility index (Phi) is 7.80. The Morgan fingerprint density at radius 1 is 0.742 bits per heavy atom. The zero-order valence-electron chi connectivity index (χ0n) is 19.0. The topological polar surface area (TPSA) is 0 Å². The lowest BCUT2D eigenvalue weighted by atomic mass is 9.67. The Morgan fingerprint density at radius 2 is 1.35 bits per heavy atom. The second kappa shape index (κ2) is 10.7. The molecule has 0 radical (unpaired) electrons. The lowest BCUT2D eigenvalue weighted by Gasteiger charge is -2.38. The highest BCUT2D eigenvalue weighted by molar-refractivity contribution is 5.19. The quantitative estimate of drug-likeness (QED) is 0.417. The summed E-state index contributed by atoms with van der Waals surface area (Å²) in [4.78, 5) is 0. The minimum absolute atomic E-state index is 0.674. The first-order valence-corrected chi connectivity index (χ1v) is 12.6. The second-order valence-corrected chi connectivity index (χ2v) is 10.4. The molecule has 4 rings (SSSR count). The fourth-order valence-electron chi connectivity index (χ4n) is 6.33. The van der Waals surface area contributed by atoms with Crippen molar-refractivity contribution in [3.8, 4) is 0 Å². The minimum atomic E-state index is -0.742. The molecule has 0 unspecified atom stereocenters. The molecule has 2 aliphatic carbocycles. The van der Waals surface area contributed by atoms with E-state index in [2.05, 4.69) is 37.3 Å². The second-order valence-electron chi connectivity index (χ2n) is 10.4. The van der Waals surface area contributed by atoms with Crippen molar-refractivity contribution >= 4 is 0 Å². The zero-order chi connectivity index (χ0) is 21.6. The smallest absolute Gasteiger partial charge is 0.159 e. The van der Waals surface area contributed by atoms with Gasteiger partial charge in [-0.25, -0.2) is 8.78 Å². The molecule has 2 aromatic rings. The van der Waals surface area contributed by atoms with E-state index in [1.54, 1.807) is 6.07 Å². The Bertz CT molecular complexity index is 799. The predicted octanol–water partition coefficient (Wildman–Crippen LogP) is 8.70. The summed E-state index contributed by atoms with van der Waals surface area (Å²) < 4.78 is 26.5. The van der Waals surface area contributed by atoms with Crippen LogP contribution >= 0.6 is 0 Å². The summed E-state index contributed by atoms with van der Waals surface area (Å²) in [5.41, 5.74) is 2.43. The summed E-state index contributed by atoms with van der Waals surface area (Å²) in [5, 5.41) is 0. The molecule has 1 atom stereocenters. The van der Waals surface area contributed by atoms with E-state index in [1.807, 2.05) is 0 Å². The van der Waals surface area contributed by atoms with Gasteiger partial charge in [0.25, 0.3) is 0 Å². The molecule has 168 valence electrons. The van der Waals surface area contributed by atoms with Crippen molar-refractivity contribution in [1.29, 1.82) is 0 Å². The third-order valence-electron chi connectivity index (χ3n) is 8.33. The monoisotopic (exact) mass is 424 g/mol. The van der Waals surface area contributed by atoms with Gasteiger partial charge in [-0.3, -0.25) is 0 Å². The average molecular weight is 425 g/mol. The number of hydrogen-bond donors (Lipinski definition) is 0. The molecule has 0 saturated heterocycles. The zero-order valence-corrected chi connectivity index (χ0v) is 19.0. The van der Waals surface area contributed by atoms with Gasteiger partial charge >= 0.3 is 0 Å². The lowest BCUT2D eigenvalue weighted by Crippen LogP contribution is -2.26. The molecule has 2 heteroatoms. The fourth-order valence-corrected chi connectivity index (χ4v) is 6.33. The van der Waals surface area contributed by atoms with Crippen molar-refractivity contribution in [3.63, 3.8) is 0 Å². The highest BCUT2D eigenvalue weighted by Crippen LogP contribution is 2.43. The summed E-state index contributed by atoms with van der Waals surface area (Å²) in [5.74, 6) is 2.74. The van der Waals surface area contributed by atoms with E-state index in [0.29, 0.717) is 5.92 Å². The molecular weight excluding hydrogens is 386 g/mol. The van der Waals surface area contributed by atoms with Gasteiger partial charge in [-0.05, 0) is 97.8 Å². The molecule has 31 heavy (non-hydrogen) atoms. The third-order valence-corrected chi connectivity index (χ3v) is 8.33. The lowest BCUT2D eigenvalue weighted by molar-refractivity contribution is 0.139. The molecule has 2 saturated carbocycles. The van der Waals surface area contributed by atoms with E-state index in [1.165, 1.54) is 75.5 Å². The van der Waals surface area contributed by atoms with Gasteiger partial charge in [-0.2, -0.15) is 0 Å². The van der Waals surface area contributed by atoms with Crippen LogP contribution in [-0.2, 0) is 6.42 Å². The highest BCUT2D eigenvalue weighted by atomic mass is 19.2. The number of rotatable bonds is 7. The molecule has 0 bridgehead atoms. The van der Waals surface area contributed by atoms with Crippen molar-refractivity contribution < 1.29 is 8.78 Å². The maximum Gasteiger partial charge on any atom is 0.159 e. The number of aryl methyl sites for hydroxylation is 1. The first-order chi connectivity index (χ1) is 15.1.